The number of hydrogen-bond acceptors (Lipinski definition) is 2. The molecule has 1 heterocycles. The topological polar surface area (TPSA) is 29.9 Å². The summed E-state index contributed by atoms with van der Waals surface area (Å²) >= 11 is 0. The van der Waals surface area contributed by atoms with Gasteiger partial charge in [-0.2, -0.15) is 5.10 Å². The van der Waals surface area contributed by atoms with E-state index in [-0.39, 0.29) is 0 Å². The van der Waals surface area contributed by atoms with Gasteiger partial charge in [0.05, 0.1) is 5.69 Å². The quantitative estimate of drug-likeness (QED) is 0.776. The molecule has 1 aromatic rings. The van der Waals surface area contributed by atoms with Gasteiger partial charge in [-0.3, -0.25) is 4.68 Å². The molecule has 1 aromatic heterocycles. The van der Waals surface area contributed by atoms with Crippen LogP contribution >= 0.6 is 0 Å². The second-order valence-corrected chi connectivity index (χ2v) is 5.60. The number of nitrogens with zero attached hydrogens (tertiary/aromatic N) is 2. The Kier molecular flexibility index (Phi) is 6.56. The molecule has 3 nitrogen and oxygen atoms in total. The fourth-order valence-corrected chi connectivity index (χ4v) is 2.87. The van der Waals surface area contributed by atoms with Crippen molar-refractivity contribution in [3.8, 4) is 0 Å². The second-order valence-electron chi connectivity index (χ2n) is 5.60. The van der Waals surface area contributed by atoms with E-state index in [2.05, 4.69) is 44.6 Å². The van der Waals surface area contributed by atoms with Crippen molar-refractivity contribution in [1.29, 1.82) is 0 Å². The van der Waals surface area contributed by atoms with Crippen LogP contribution in [-0.4, -0.2) is 16.8 Å². The van der Waals surface area contributed by atoms with E-state index in [1.165, 1.54) is 29.8 Å². The van der Waals surface area contributed by atoms with E-state index in [0.717, 1.165) is 19.4 Å². The van der Waals surface area contributed by atoms with Crippen molar-refractivity contribution >= 4 is 0 Å². The highest BCUT2D eigenvalue weighted by Crippen LogP contribution is 2.24. The molecule has 2 unspecified atom stereocenters. The summed E-state index contributed by atoms with van der Waals surface area (Å²) in [4.78, 5) is 0. The number of hydrogen-bond donors (Lipinski definition) is 1. The second kappa shape index (κ2) is 7.68. The van der Waals surface area contributed by atoms with Crippen molar-refractivity contribution < 1.29 is 0 Å². The Balaban J connectivity index is 3.08. The molecule has 110 valence electrons. The van der Waals surface area contributed by atoms with Gasteiger partial charge in [0.2, 0.25) is 0 Å². The summed E-state index contributed by atoms with van der Waals surface area (Å²) < 4.78 is 2.27. The van der Waals surface area contributed by atoms with Crippen LogP contribution in [0.4, 0.5) is 0 Å². The molecule has 0 aliphatic carbocycles. The molecular formula is C16H31N3. The number of aryl methyl sites for hydroxylation is 1. The van der Waals surface area contributed by atoms with Crippen molar-refractivity contribution in [1.82, 2.24) is 15.1 Å². The lowest BCUT2D eigenvalue weighted by Gasteiger charge is -2.15. The van der Waals surface area contributed by atoms with Crippen LogP contribution < -0.4 is 5.32 Å². The summed E-state index contributed by atoms with van der Waals surface area (Å²) in [5, 5.41) is 8.24. The maximum Gasteiger partial charge on any atom is 0.0672 e. The molecule has 2 atom stereocenters. The van der Waals surface area contributed by atoms with Gasteiger partial charge >= 0.3 is 0 Å². The fraction of sp³-hybridized carbons (Fsp3) is 0.812. The van der Waals surface area contributed by atoms with Crippen molar-refractivity contribution in [3.05, 3.63) is 17.0 Å². The first kappa shape index (κ1) is 16.2. The van der Waals surface area contributed by atoms with Crippen LogP contribution in [0.25, 0.3) is 0 Å². The highest BCUT2D eigenvalue weighted by Gasteiger charge is 2.20. The molecule has 0 saturated heterocycles. The van der Waals surface area contributed by atoms with E-state index in [9.17, 15) is 0 Å². The predicted molar refractivity (Wildman–Crippen MR) is 82.5 cm³/mol. The van der Waals surface area contributed by atoms with E-state index < -0.39 is 0 Å². The Labute approximate surface area is 118 Å². The first-order valence-corrected chi connectivity index (χ1v) is 7.84. The SMILES string of the molecule is CCCC(C)Cn1nc(CC)c(C(C)NC)c1CC. The predicted octanol–water partition coefficient (Wildman–Crippen LogP) is 3.72. The van der Waals surface area contributed by atoms with Gasteiger partial charge in [0, 0.05) is 23.8 Å². The molecule has 0 bridgehead atoms. The van der Waals surface area contributed by atoms with Crippen molar-refractivity contribution in [2.75, 3.05) is 7.05 Å². The highest BCUT2D eigenvalue weighted by atomic mass is 15.3. The summed E-state index contributed by atoms with van der Waals surface area (Å²) in [6.07, 6.45) is 4.61. The smallest absolute Gasteiger partial charge is 0.0672 e. The molecule has 0 saturated carbocycles. The lowest BCUT2D eigenvalue weighted by molar-refractivity contribution is 0.410. The maximum absolute atomic E-state index is 4.87. The van der Waals surface area contributed by atoms with Crippen LogP contribution in [0.3, 0.4) is 0 Å². The minimum absolute atomic E-state index is 0.389. The van der Waals surface area contributed by atoms with Crippen LogP contribution in [-0.2, 0) is 19.4 Å². The standard InChI is InChI=1S/C16H31N3/c1-7-10-12(4)11-19-15(9-3)16(13(5)17-6)14(8-2)18-19/h12-13,17H,7-11H2,1-6H3. The zero-order valence-electron chi connectivity index (χ0n) is 13.6. The average Bonchev–Trinajstić information content (AvgIpc) is 2.75. The zero-order chi connectivity index (χ0) is 14.4. The van der Waals surface area contributed by atoms with Crippen LogP contribution in [0.5, 0.6) is 0 Å². The van der Waals surface area contributed by atoms with E-state index in [1.54, 1.807) is 0 Å². The van der Waals surface area contributed by atoms with Crippen LogP contribution in [0, 0.1) is 5.92 Å². The molecule has 1 rings (SSSR count). The highest BCUT2D eigenvalue weighted by molar-refractivity contribution is 5.30. The van der Waals surface area contributed by atoms with Gasteiger partial charge in [0.15, 0.2) is 0 Å². The fourth-order valence-electron chi connectivity index (χ4n) is 2.87. The summed E-state index contributed by atoms with van der Waals surface area (Å²) in [6, 6.07) is 0.389. The van der Waals surface area contributed by atoms with Gasteiger partial charge in [-0.15, -0.1) is 0 Å². The monoisotopic (exact) mass is 265 g/mol. The van der Waals surface area contributed by atoms with Crippen LogP contribution in [0.1, 0.15) is 70.5 Å². The molecule has 0 aliphatic heterocycles. The van der Waals surface area contributed by atoms with Crippen molar-refractivity contribution in [2.24, 2.45) is 5.92 Å². The number of rotatable bonds is 8. The third-order valence-corrected chi connectivity index (χ3v) is 3.98. The molecular weight excluding hydrogens is 234 g/mol. The van der Waals surface area contributed by atoms with Gasteiger partial charge in [-0.25, -0.2) is 0 Å². The summed E-state index contributed by atoms with van der Waals surface area (Å²) in [5.74, 6) is 0.706. The molecule has 0 aliphatic rings. The first-order chi connectivity index (χ1) is 9.08. The average molecular weight is 265 g/mol. The normalized spacial score (nSPS) is 14.6. The number of nitrogens with one attached hydrogen (secondary N) is 1. The lowest BCUT2D eigenvalue weighted by atomic mass is 10.0. The first-order valence-electron chi connectivity index (χ1n) is 7.84. The third-order valence-electron chi connectivity index (χ3n) is 3.98. The molecule has 0 spiro atoms. The minimum Gasteiger partial charge on any atom is -0.313 e. The van der Waals surface area contributed by atoms with Gasteiger partial charge < -0.3 is 5.32 Å². The van der Waals surface area contributed by atoms with E-state index in [0.29, 0.717) is 12.0 Å². The number of aromatic nitrogens is 2. The summed E-state index contributed by atoms with van der Waals surface area (Å²) in [7, 11) is 2.03. The van der Waals surface area contributed by atoms with Gasteiger partial charge in [0.25, 0.3) is 0 Å². The van der Waals surface area contributed by atoms with Crippen LogP contribution in [0.15, 0.2) is 0 Å². The minimum atomic E-state index is 0.389. The van der Waals surface area contributed by atoms with Gasteiger partial charge in [0.1, 0.15) is 0 Å². The lowest BCUT2D eigenvalue weighted by Crippen LogP contribution is -2.16. The van der Waals surface area contributed by atoms with E-state index >= 15 is 0 Å². The molecule has 0 fully saturated rings. The van der Waals surface area contributed by atoms with E-state index in [4.69, 9.17) is 5.10 Å². The van der Waals surface area contributed by atoms with Crippen LogP contribution in [0.2, 0.25) is 0 Å². The Morgan fingerprint density at radius 3 is 2.32 bits per heavy atom. The summed E-state index contributed by atoms with van der Waals surface area (Å²) in [5.41, 5.74) is 4.11. The van der Waals surface area contributed by atoms with Gasteiger partial charge in [-0.05, 0) is 39.2 Å². The Hall–Kier alpha value is -0.830. The summed E-state index contributed by atoms with van der Waals surface area (Å²) in [6.45, 7) is 12.3. The largest absolute Gasteiger partial charge is 0.313 e. The Morgan fingerprint density at radius 2 is 1.84 bits per heavy atom. The molecule has 0 aromatic carbocycles. The Morgan fingerprint density at radius 1 is 1.16 bits per heavy atom. The molecule has 0 amide bonds. The molecule has 0 radical (unpaired) electrons. The zero-order valence-corrected chi connectivity index (χ0v) is 13.6. The van der Waals surface area contributed by atoms with Crippen molar-refractivity contribution in [2.45, 2.75) is 72.9 Å². The molecule has 1 N–H and O–H groups in total. The van der Waals surface area contributed by atoms with E-state index in [1.807, 2.05) is 7.05 Å². The molecule has 3 heteroatoms. The maximum atomic E-state index is 4.87. The molecule has 19 heavy (non-hydrogen) atoms. The third kappa shape index (κ3) is 3.82. The Bertz CT molecular complexity index is 382. The van der Waals surface area contributed by atoms with Crippen molar-refractivity contribution in [3.63, 3.8) is 0 Å². The van der Waals surface area contributed by atoms with Gasteiger partial charge in [-0.1, -0.05) is 34.1 Å².